The molecule has 0 amide bonds. The van der Waals surface area contributed by atoms with E-state index in [9.17, 15) is 0 Å². The Morgan fingerprint density at radius 3 is 2.17 bits per heavy atom. The molecule has 0 aliphatic carbocycles. The van der Waals surface area contributed by atoms with Gasteiger partial charge in [0.15, 0.2) is 0 Å². The number of rotatable bonds is 4. The molecule has 0 aliphatic heterocycles. The van der Waals surface area contributed by atoms with Crippen LogP contribution in [0, 0.1) is 23.2 Å². The molecule has 0 aromatic carbocycles. The van der Waals surface area contributed by atoms with Crippen LogP contribution in [-0.4, -0.2) is 17.2 Å². The van der Waals surface area contributed by atoms with E-state index in [0.717, 1.165) is 6.42 Å². The van der Waals surface area contributed by atoms with Crippen LogP contribution in [0.5, 0.6) is 0 Å². The lowest BCUT2D eigenvalue weighted by Gasteiger charge is -2.21. The van der Waals surface area contributed by atoms with Crippen molar-refractivity contribution in [3.63, 3.8) is 0 Å². The molecule has 0 heterocycles. The first-order chi connectivity index (χ1) is 5.54. The highest BCUT2D eigenvalue weighted by molar-refractivity contribution is 6.43. The van der Waals surface area contributed by atoms with Gasteiger partial charge in [-0.25, -0.2) is 0 Å². The summed E-state index contributed by atoms with van der Waals surface area (Å²) in [7, 11) is -1.39. The summed E-state index contributed by atoms with van der Waals surface area (Å²) in [6.07, 6.45) is 0.884. The van der Waals surface area contributed by atoms with Crippen molar-refractivity contribution in [1.29, 1.82) is 5.26 Å². The van der Waals surface area contributed by atoms with E-state index in [0.29, 0.717) is 0 Å². The highest BCUT2D eigenvalue weighted by Gasteiger charge is 2.30. The van der Waals surface area contributed by atoms with E-state index in [-0.39, 0.29) is 17.7 Å². The van der Waals surface area contributed by atoms with Gasteiger partial charge in [0.2, 0.25) is 0 Å². The van der Waals surface area contributed by atoms with Crippen LogP contribution in [0.3, 0.4) is 0 Å². The summed E-state index contributed by atoms with van der Waals surface area (Å²) >= 11 is 0. The average Bonchev–Trinajstić information content (AvgIpc) is 2.05. The van der Waals surface area contributed by atoms with Crippen LogP contribution < -0.4 is 0 Å². The van der Waals surface area contributed by atoms with Crippen molar-refractivity contribution >= 4 is 7.12 Å². The smallest absolute Gasteiger partial charge is 0.427 e. The molecular weight excluding hydrogens is 153 g/mol. The lowest BCUT2D eigenvalue weighted by atomic mass is 9.63. The lowest BCUT2D eigenvalue weighted by molar-refractivity contribution is 0.332. The Bertz CT molecular complexity index is 167. The minimum atomic E-state index is -1.39. The Kier molecular flexibility index (Phi) is 4.95. The minimum absolute atomic E-state index is 0.215. The molecule has 3 nitrogen and oxygen atoms in total. The van der Waals surface area contributed by atoms with E-state index in [4.69, 9.17) is 15.3 Å². The van der Waals surface area contributed by atoms with Gasteiger partial charge >= 0.3 is 7.12 Å². The van der Waals surface area contributed by atoms with Crippen LogP contribution in [0.15, 0.2) is 0 Å². The second kappa shape index (κ2) is 5.18. The standard InChI is InChI=1S/C8H16BNO2/c1-4-6(2)8(5-10)7(3)9(11)12/h6-8,11-12H,4H2,1-3H3. The Labute approximate surface area is 74.2 Å². The third-order valence-corrected chi connectivity index (χ3v) is 2.44. The van der Waals surface area contributed by atoms with E-state index < -0.39 is 7.12 Å². The molecule has 0 saturated carbocycles. The monoisotopic (exact) mass is 169 g/mol. The van der Waals surface area contributed by atoms with Gasteiger partial charge in [-0.1, -0.05) is 27.2 Å². The Balaban J connectivity index is 4.26. The van der Waals surface area contributed by atoms with Crippen LogP contribution in [0.2, 0.25) is 5.82 Å². The number of nitriles is 1. The molecule has 3 atom stereocenters. The molecule has 0 radical (unpaired) electrons. The first kappa shape index (κ1) is 11.5. The first-order valence-corrected chi connectivity index (χ1v) is 4.30. The van der Waals surface area contributed by atoms with Crippen molar-refractivity contribution in [3.8, 4) is 6.07 Å². The van der Waals surface area contributed by atoms with Crippen molar-refractivity contribution < 1.29 is 10.0 Å². The average molecular weight is 169 g/mol. The highest BCUT2D eigenvalue weighted by Crippen LogP contribution is 2.27. The molecular formula is C8H16BNO2. The van der Waals surface area contributed by atoms with Crippen molar-refractivity contribution in [3.05, 3.63) is 0 Å². The highest BCUT2D eigenvalue weighted by atomic mass is 16.4. The van der Waals surface area contributed by atoms with E-state index in [1.807, 2.05) is 13.8 Å². The van der Waals surface area contributed by atoms with Gasteiger partial charge in [0, 0.05) is 11.7 Å². The first-order valence-electron chi connectivity index (χ1n) is 4.30. The molecule has 0 aromatic rings. The molecule has 0 bridgehead atoms. The largest absolute Gasteiger partial charge is 0.455 e. The number of hydrogen-bond acceptors (Lipinski definition) is 3. The minimum Gasteiger partial charge on any atom is -0.427 e. The molecule has 0 saturated heterocycles. The maximum atomic E-state index is 8.87. The Morgan fingerprint density at radius 2 is 1.92 bits per heavy atom. The molecule has 0 fully saturated rings. The van der Waals surface area contributed by atoms with Gasteiger partial charge in [0.05, 0.1) is 6.07 Å². The van der Waals surface area contributed by atoms with Crippen LogP contribution in [0.4, 0.5) is 0 Å². The molecule has 0 rings (SSSR count). The SMILES string of the molecule is CCC(C)C(C#N)C(C)B(O)O. The molecule has 68 valence electrons. The van der Waals surface area contributed by atoms with Crippen molar-refractivity contribution in [2.45, 2.75) is 33.0 Å². The zero-order valence-electron chi connectivity index (χ0n) is 7.86. The van der Waals surface area contributed by atoms with E-state index >= 15 is 0 Å². The summed E-state index contributed by atoms with van der Waals surface area (Å²) in [6, 6.07) is 2.11. The fourth-order valence-corrected chi connectivity index (χ4v) is 1.20. The second-order valence-electron chi connectivity index (χ2n) is 3.31. The van der Waals surface area contributed by atoms with Gasteiger partial charge in [-0.2, -0.15) is 5.26 Å². The third-order valence-electron chi connectivity index (χ3n) is 2.44. The van der Waals surface area contributed by atoms with Crippen LogP contribution in [0.25, 0.3) is 0 Å². The molecule has 0 aliphatic rings. The molecule has 4 heteroatoms. The normalized spacial score (nSPS) is 17.7. The van der Waals surface area contributed by atoms with Gasteiger partial charge < -0.3 is 10.0 Å². The molecule has 0 spiro atoms. The van der Waals surface area contributed by atoms with Crippen molar-refractivity contribution in [1.82, 2.24) is 0 Å². The number of hydrogen-bond donors (Lipinski definition) is 2. The fourth-order valence-electron chi connectivity index (χ4n) is 1.20. The predicted molar refractivity (Wildman–Crippen MR) is 48.2 cm³/mol. The second-order valence-corrected chi connectivity index (χ2v) is 3.31. The van der Waals surface area contributed by atoms with Gasteiger partial charge in [0.1, 0.15) is 0 Å². The summed E-state index contributed by atoms with van der Waals surface area (Å²) < 4.78 is 0. The molecule has 3 unspecified atom stereocenters. The lowest BCUT2D eigenvalue weighted by Crippen LogP contribution is -2.27. The predicted octanol–water partition coefficient (Wildman–Crippen LogP) is 1.04. The van der Waals surface area contributed by atoms with Crippen molar-refractivity contribution in [2.75, 3.05) is 0 Å². The van der Waals surface area contributed by atoms with Gasteiger partial charge in [-0.15, -0.1) is 0 Å². The Morgan fingerprint density at radius 1 is 1.42 bits per heavy atom. The zero-order chi connectivity index (χ0) is 9.72. The summed E-state index contributed by atoms with van der Waals surface area (Å²) in [4.78, 5) is 0. The fraction of sp³-hybridized carbons (Fsp3) is 0.875. The summed E-state index contributed by atoms with van der Waals surface area (Å²) in [5, 5.41) is 26.5. The summed E-state index contributed by atoms with van der Waals surface area (Å²) in [6.45, 7) is 5.63. The molecule has 0 aromatic heterocycles. The van der Waals surface area contributed by atoms with Gasteiger partial charge in [-0.05, 0) is 5.92 Å². The van der Waals surface area contributed by atoms with E-state index in [1.54, 1.807) is 6.92 Å². The third kappa shape index (κ3) is 2.84. The zero-order valence-corrected chi connectivity index (χ0v) is 7.86. The van der Waals surface area contributed by atoms with Gasteiger partial charge in [-0.3, -0.25) is 0 Å². The van der Waals surface area contributed by atoms with Crippen molar-refractivity contribution in [2.24, 2.45) is 11.8 Å². The van der Waals surface area contributed by atoms with Crippen LogP contribution >= 0.6 is 0 Å². The van der Waals surface area contributed by atoms with Crippen LogP contribution in [-0.2, 0) is 0 Å². The van der Waals surface area contributed by atoms with Gasteiger partial charge in [0.25, 0.3) is 0 Å². The summed E-state index contributed by atoms with van der Waals surface area (Å²) in [5.74, 6) is -0.424. The number of nitrogens with zero attached hydrogens (tertiary/aromatic N) is 1. The maximum Gasteiger partial charge on any atom is 0.455 e. The van der Waals surface area contributed by atoms with E-state index in [1.165, 1.54) is 0 Å². The summed E-state index contributed by atoms with van der Waals surface area (Å²) in [5.41, 5.74) is 0. The van der Waals surface area contributed by atoms with Crippen LogP contribution in [0.1, 0.15) is 27.2 Å². The molecule has 12 heavy (non-hydrogen) atoms. The molecule has 2 N–H and O–H groups in total. The maximum absolute atomic E-state index is 8.87. The van der Waals surface area contributed by atoms with E-state index in [2.05, 4.69) is 6.07 Å². The topological polar surface area (TPSA) is 64.2 Å². The quantitative estimate of drug-likeness (QED) is 0.617. The Hall–Kier alpha value is -0.525.